The average Bonchev–Trinajstić information content (AvgIpc) is 3.06. The Hall–Kier alpha value is -2.71. The molecule has 2 aromatic carbocycles. The number of halogens is 1. The number of fused-ring (bicyclic) bond motifs is 3. The van der Waals surface area contributed by atoms with Crippen molar-refractivity contribution in [2.45, 2.75) is 24.8 Å². The Labute approximate surface area is 162 Å². The van der Waals surface area contributed by atoms with Crippen molar-refractivity contribution in [2.24, 2.45) is 0 Å². The predicted octanol–water partition coefficient (Wildman–Crippen LogP) is 3.15. The summed E-state index contributed by atoms with van der Waals surface area (Å²) in [6.07, 6.45) is 0.505. The molecule has 6 nitrogen and oxygen atoms in total. The van der Waals surface area contributed by atoms with Crippen LogP contribution in [0.5, 0.6) is 0 Å². The zero-order valence-corrected chi connectivity index (χ0v) is 16.3. The summed E-state index contributed by atoms with van der Waals surface area (Å²) in [6.45, 7) is 2.09. The Morgan fingerprint density at radius 3 is 2.75 bits per heavy atom. The van der Waals surface area contributed by atoms with Crippen LogP contribution >= 0.6 is 0 Å². The average molecular weight is 402 g/mol. The van der Waals surface area contributed by atoms with Crippen LogP contribution in [0, 0.1) is 12.7 Å². The van der Waals surface area contributed by atoms with Crippen LogP contribution in [0.25, 0.3) is 10.9 Å². The molecule has 0 atom stereocenters. The molecule has 3 aromatic rings. The second kappa shape index (κ2) is 6.72. The molecule has 0 fully saturated rings. The number of rotatable bonds is 3. The number of nitrogens with one attached hydrogen (secondary N) is 1. The molecule has 0 aliphatic carbocycles. The maximum absolute atomic E-state index is 13.7. The number of hydrogen-bond donors (Lipinski definition) is 1. The van der Waals surface area contributed by atoms with Crippen molar-refractivity contribution in [1.29, 1.82) is 0 Å². The van der Waals surface area contributed by atoms with Crippen LogP contribution in [-0.2, 0) is 27.7 Å². The van der Waals surface area contributed by atoms with Gasteiger partial charge < -0.3 is 9.72 Å². The monoisotopic (exact) mass is 402 g/mol. The Balaban J connectivity index is 1.76. The summed E-state index contributed by atoms with van der Waals surface area (Å²) < 4.78 is 46.0. The van der Waals surface area contributed by atoms with Crippen LogP contribution < -0.4 is 0 Å². The molecule has 0 radical (unpaired) electrons. The lowest BCUT2D eigenvalue weighted by Gasteiger charge is -2.27. The zero-order valence-electron chi connectivity index (χ0n) is 15.5. The largest absolute Gasteiger partial charge is 0.465 e. The molecule has 4 rings (SSSR count). The molecule has 0 spiro atoms. The van der Waals surface area contributed by atoms with E-state index in [1.54, 1.807) is 25.1 Å². The maximum Gasteiger partial charge on any atom is 0.337 e. The summed E-state index contributed by atoms with van der Waals surface area (Å²) in [6, 6.07) is 8.93. The number of aromatic nitrogens is 1. The molecule has 0 saturated carbocycles. The number of aromatic amines is 1. The Kier molecular flexibility index (Phi) is 4.47. The first-order valence-corrected chi connectivity index (χ1v) is 10.2. The fourth-order valence-electron chi connectivity index (χ4n) is 3.63. The van der Waals surface area contributed by atoms with Crippen LogP contribution in [0.2, 0.25) is 0 Å². The summed E-state index contributed by atoms with van der Waals surface area (Å²) in [5, 5.41) is 0.786. The third-order valence-electron chi connectivity index (χ3n) is 5.13. The summed E-state index contributed by atoms with van der Waals surface area (Å²) in [5.74, 6) is -1.04. The number of aryl methyl sites for hydroxylation is 1. The van der Waals surface area contributed by atoms with Gasteiger partial charge in [-0.3, -0.25) is 0 Å². The Morgan fingerprint density at radius 2 is 2.00 bits per heavy atom. The minimum Gasteiger partial charge on any atom is -0.465 e. The van der Waals surface area contributed by atoms with Crippen molar-refractivity contribution in [3.63, 3.8) is 0 Å². The van der Waals surface area contributed by atoms with Gasteiger partial charge in [-0.25, -0.2) is 17.6 Å². The Morgan fingerprint density at radius 1 is 1.21 bits per heavy atom. The van der Waals surface area contributed by atoms with E-state index < -0.39 is 21.8 Å². The van der Waals surface area contributed by atoms with Crippen molar-refractivity contribution in [1.82, 2.24) is 9.29 Å². The first kappa shape index (κ1) is 18.6. The fourth-order valence-corrected chi connectivity index (χ4v) is 5.28. The van der Waals surface area contributed by atoms with E-state index in [-0.39, 0.29) is 11.4 Å². The van der Waals surface area contributed by atoms with Gasteiger partial charge in [0.2, 0.25) is 10.0 Å². The predicted molar refractivity (Wildman–Crippen MR) is 102 cm³/mol. The third kappa shape index (κ3) is 2.98. The summed E-state index contributed by atoms with van der Waals surface area (Å²) in [5.41, 5.74) is 3.50. The highest BCUT2D eigenvalue weighted by molar-refractivity contribution is 7.89. The van der Waals surface area contributed by atoms with E-state index in [2.05, 4.69) is 4.98 Å². The molecule has 0 saturated heterocycles. The van der Waals surface area contributed by atoms with Crippen LogP contribution in [0.15, 0.2) is 41.3 Å². The highest BCUT2D eigenvalue weighted by atomic mass is 32.2. The van der Waals surface area contributed by atoms with Gasteiger partial charge in [-0.05, 0) is 48.4 Å². The maximum atomic E-state index is 13.7. The van der Waals surface area contributed by atoms with E-state index in [0.717, 1.165) is 28.2 Å². The molecule has 1 aliphatic rings. The number of carbonyl (C=O) groups excluding carboxylic acids is 1. The molecule has 1 aliphatic heterocycles. The summed E-state index contributed by atoms with van der Waals surface area (Å²) in [7, 11) is -2.53. The zero-order chi connectivity index (χ0) is 20.1. The van der Waals surface area contributed by atoms with Crippen molar-refractivity contribution in [3.8, 4) is 0 Å². The fraction of sp³-hybridized carbons (Fsp3) is 0.250. The minimum absolute atomic E-state index is 0.0222. The molecule has 2 heterocycles. The lowest BCUT2D eigenvalue weighted by molar-refractivity contribution is 0.0601. The molecule has 28 heavy (non-hydrogen) atoms. The van der Waals surface area contributed by atoms with E-state index in [1.165, 1.54) is 23.5 Å². The molecular formula is C20H19FN2O4S. The first-order chi connectivity index (χ1) is 13.3. The standard InChI is InChI=1S/C20H19FN2O4S/c1-12-3-5-14(21)10-19(12)28(25,26)23-8-7-18-16(11-23)15-9-13(20(24)27-2)4-6-17(15)22-18/h3-6,9-10,22H,7-8,11H2,1-2H3. The second-order valence-corrected chi connectivity index (χ2v) is 8.74. The topological polar surface area (TPSA) is 79.5 Å². The van der Waals surface area contributed by atoms with Gasteiger partial charge in [-0.15, -0.1) is 0 Å². The van der Waals surface area contributed by atoms with E-state index in [0.29, 0.717) is 24.1 Å². The van der Waals surface area contributed by atoms with Gasteiger partial charge in [-0.1, -0.05) is 6.07 Å². The van der Waals surface area contributed by atoms with Crippen molar-refractivity contribution in [2.75, 3.05) is 13.7 Å². The van der Waals surface area contributed by atoms with Gasteiger partial charge in [0.25, 0.3) is 0 Å². The van der Waals surface area contributed by atoms with Crippen LogP contribution in [0.1, 0.15) is 27.2 Å². The molecule has 8 heteroatoms. The van der Waals surface area contributed by atoms with E-state index >= 15 is 0 Å². The minimum atomic E-state index is -3.85. The van der Waals surface area contributed by atoms with Gasteiger partial charge in [0.05, 0.1) is 17.6 Å². The van der Waals surface area contributed by atoms with E-state index in [1.807, 2.05) is 0 Å². The summed E-state index contributed by atoms with van der Waals surface area (Å²) >= 11 is 0. The second-order valence-electron chi connectivity index (χ2n) is 6.83. The van der Waals surface area contributed by atoms with Gasteiger partial charge in [0.15, 0.2) is 0 Å². The van der Waals surface area contributed by atoms with Crippen molar-refractivity contribution >= 4 is 26.9 Å². The molecule has 146 valence electrons. The van der Waals surface area contributed by atoms with Crippen LogP contribution in [-0.4, -0.2) is 37.3 Å². The summed E-state index contributed by atoms with van der Waals surface area (Å²) in [4.78, 5) is 15.1. The number of methoxy groups -OCH3 is 1. The third-order valence-corrected chi connectivity index (χ3v) is 7.12. The SMILES string of the molecule is COC(=O)c1ccc2[nH]c3c(c2c1)CN(S(=O)(=O)c1cc(F)ccc1C)CC3. The molecule has 0 amide bonds. The number of sulfonamides is 1. The number of benzene rings is 2. The lowest BCUT2D eigenvalue weighted by atomic mass is 10.0. The number of H-pyrrole nitrogens is 1. The van der Waals surface area contributed by atoms with Crippen LogP contribution in [0.4, 0.5) is 4.39 Å². The van der Waals surface area contributed by atoms with Crippen molar-refractivity contribution < 1.29 is 22.3 Å². The first-order valence-electron chi connectivity index (χ1n) is 8.79. The number of hydrogen-bond acceptors (Lipinski definition) is 4. The quantitative estimate of drug-likeness (QED) is 0.683. The highest BCUT2D eigenvalue weighted by Gasteiger charge is 2.31. The van der Waals surface area contributed by atoms with E-state index in [9.17, 15) is 17.6 Å². The molecule has 0 unspecified atom stereocenters. The van der Waals surface area contributed by atoms with Gasteiger partial charge >= 0.3 is 5.97 Å². The molecular weight excluding hydrogens is 383 g/mol. The van der Waals surface area contributed by atoms with Gasteiger partial charge in [-0.2, -0.15) is 4.31 Å². The van der Waals surface area contributed by atoms with E-state index in [4.69, 9.17) is 4.74 Å². The smallest absolute Gasteiger partial charge is 0.337 e. The molecule has 1 N–H and O–H groups in total. The van der Waals surface area contributed by atoms with Gasteiger partial charge in [0.1, 0.15) is 5.82 Å². The lowest BCUT2D eigenvalue weighted by Crippen LogP contribution is -2.36. The number of ether oxygens (including phenoxy) is 1. The number of nitrogens with zero attached hydrogens (tertiary/aromatic N) is 1. The van der Waals surface area contributed by atoms with Crippen LogP contribution in [0.3, 0.4) is 0 Å². The molecule has 1 aromatic heterocycles. The highest BCUT2D eigenvalue weighted by Crippen LogP contribution is 2.32. The van der Waals surface area contributed by atoms with Crippen molar-refractivity contribution in [3.05, 3.63) is 64.6 Å². The van der Waals surface area contributed by atoms with Gasteiger partial charge in [0, 0.05) is 36.1 Å². The number of esters is 1. The molecule has 0 bridgehead atoms. The normalized spacial score (nSPS) is 14.8. The number of carbonyl (C=O) groups is 1. The Bertz CT molecular complexity index is 1200.